The van der Waals surface area contributed by atoms with Gasteiger partial charge in [0.15, 0.2) is 11.0 Å². The van der Waals surface area contributed by atoms with Gasteiger partial charge in [-0.25, -0.2) is 0 Å². The van der Waals surface area contributed by atoms with Crippen LogP contribution in [0.4, 0.5) is 5.69 Å². The van der Waals surface area contributed by atoms with Gasteiger partial charge < -0.3 is 15.2 Å². The number of nitrogens with zero attached hydrogens (tertiary/aromatic N) is 3. The first-order valence-corrected chi connectivity index (χ1v) is 10.7. The molecule has 0 aliphatic carbocycles. The molecule has 2 N–H and O–H groups in total. The van der Waals surface area contributed by atoms with E-state index in [-0.39, 0.29) is 23.6 Å². The van der Waals surface area contributed by atoms with E-state index in [1.54, 1.807) is 54.1 Å². The Hall–Kier alpha value is -2.55. The van der Waals surface area contributed by atoms with Gasteiger partial charge in [0, 0.05) is 18.3 Å². The van der Waals surface area contributed by atoms with Crippen molar-refractivity contribution in [2.45, 2.75) is 18.1 Å². The number of aromatic nitrogens is 3. The van der Waals surface area contributed by atoms with Gasteiger partial charge in [-0.3, -0.25) is 9.59 Å². The molecule has 0 aliphatic heterocycles. The highest BCUT2D eigenvalue weighted by Crippen LogP contribution is 2.25. The molecule has 30 heavy (non-hydrogen) atoms. The zero-order valence-electron chi connectivity index (χ0n) is 16.2. The number of amides is 2. The Labute approximate surface area is 188 Å². The summed E-state index contributed by atoms with van der Waals surface area (Å²) in [5.41, 5.74) is 1.13. The summed E-state index contributed by atoms with van der Waals surface area (Å²) in [4.78, 5) is 24.5. The highest BCUT2D eigenvalue weighted by atomic mass is 35.5. The number of hydrogen-bond donors (Lipinski definition) is 2. The molecule has 0 aliphatic rings. The molecule has 0 saturated heterocycles. The summed E-state index contributed by atoms with van der Waals surface area (Å²) in [6.45, 7) is 1.83. The second-order valence-corrected chi connectivity index (χ2v) is 8.18. The zero-order chi connectivity index (χ0) is 21.7. The van der Waals surface area contributed by atoms with Crippen molar-refractivity contribution in [2.24, 2.45) is 7.05 Å². The van der Waals surface area contributed by atoms with E-state index in [4.69, 9.17) is 23.2 Å². The third kappa shape index (κ3) is 5.53. The van der Waals surface area contributed by atoms with Crippen molar-refractivity contribution in [3.05, 3.63) is 70.0 Å². The number of hydrogen-bond acceptors (Lipinski definition) is 5. The topological polar surface area (TPSA) is 88.9 Å². The van der Waals surface area contributed by atoms with Crippen LogP contribution in [0.15, 0.2) is 53.7 Å². The smallest absolute Gasteiger partial charge is 0.251 e. The number of nitrogens with one attached hydrogen (secondary N) is 2. The van der Waals surface area contributed by atoms with E-state index in [2.05, 4.69) is 20.8 Å². The first-order valence-electron chi connectivity index (χ1n) is 8.98. The summed E-state index contributed by atoms with van der Waals surface area (Å²) in [6.07, 6.45) is 0. The fraction of sp³-hybridized carbons (Fsp3) is 0.200. The van der Waals surface area contributed by atoms with Gasteiger partial charge in [0.1, 0.15) is 0 Å². The monoisotopic (exact) mass is 463 g/mol. The van der Waals surface area contributed by atoms with Crippen LogP contribution < -0.4 is 10.6 Å². The van der Waals surface area contributed by atoms with Gasteiger partial charge in [0.05, 0.1) is 21.8 Å². The van der Waals surface area contributed by atoms with Crippen molar-refractivity contribution in [1.82, 2.24) is 20.1 Å². The largest absolute Gasteiger partial charge is 0.342 e. The lowest BCUT2D eigenvalue weighted by molar-refractivity contribution is -0.113. The zero-order valence-corrected chi connectivity index (χ0v) is 18.6. The van der Waals surface area contributed by atoms with Crippen molar-refractivity contribution in [1.29, 1.82) is 0 Å². The number of halogens is 2. The predicted octanol–water partition coefficient (Wildman–Crippen LogP) is 4.34. The molecular weight excluding hydrogens is 445 g/mol. The van der Waals surface area contributed by atoms with Crippen molar-refractivity contribution >= 4 is 52.5 Å². The number of benzene rings is 2. The number of thioether (sulfide) groups is 1. The quantitative estimate of drug-likeness (QED) is 0.508. The third-order valence-electron chi connectivity index (χ3n) is 4.18. The normalized spacial score (nSPS) is 11.7. The fourth-order valence-electron chi connectivity index (χ4n) is 2.66. The van der Waals surface area contributed by atoms with Crippen LogP contribution >= 0.6 is 35.0 Å². The molecule has 1 aromatic heterocycles. The minimum atomic E-state index is -0.352. The van der Waals surface area contributed by atoms with Crippen LogP contribution in [0.3, 0.4) is 0 Å². The molecule has 0 radical (unpaired) electrons. The minimum Gasteiger partial charge on any atom is -0.342 e. The highest BCUT2D eigenvalue weighted by Gasteiger charge is 2.19. The van der Waals surface area contributed by atoms with E-state index in [0.29, 0.717) is 32.3 Å². The molecule has 3 aromatic rings. The van der Waals surface area contributed by atoms with E-state index in [9.17, 15) is 9.59 Å². The summed E-state index contributed by atoms with van der Waals surface area (Å²) < 4.78 is 1.76. The lowest BCUT2D eigenvalue weighted by Crippen LogP contribution is -2.28. The maximum Gasteiger partial charge on any atom is 0.251 e. The predicted molar refractivity (Wildman–Crippen MR) is 119 cm³/mol. The van der Waals surface area contributed by atoms with Crippen LogP contribution in [0, 0.1) is 0 Å². The van der Waals surface area contributed by atoms with E-state index in [1.165, 1.54) is 11.8 Å². The molecule has 0 unspecified atom stereocenters. The molecule has 0 saturated carbocycles. The second-order valence-electron chi connectivity index (χ2n) is 6.43. The van der Waals surface area contributed by atoms with E-state index < -0.39 is 0 Å². The van der Waals surface area contributed by atoms with Crippen LogP contribution in [0.1, 0.15) is 29.1 Å². The first-order chi connectivity index (χ1) is 14.3. The average molecular weight is 464 g/mol. The lowest BCUT2D eigenvalue weighted by atomic mass is 10.2. The Morgan fingerprint density at radius 1 is 1.10 bits per heavy atom. The van der Waals surface area contributed by atoms with E-state index >= 15 is 0 Å². The molecule has 156 valence electrons. The molecule has 1 heterocycles. The molecule has 0 spiro atoms. The number of rotatable bonds is 7. The molecule has 0 fully saturated rings. The van der Waals surface area contributed by atoms with Gasteiger partial charge in [-0.2, -0.15) is 0 Å². The van der Waals surface area contributed by atoms with Crippen molar-refractivity contribution in [3.63, 3.8) is 0 Å². The Morgan fingerprint density at radius 2 is 1.83 bits per heavy atom. The summed E-state index contributed by atoms with van der Waals surface area (Å²) in [6, 6.07) is 13.5. The van der Waals surface area contributed by atoms with Crippen LogP contribution in [0.5, 0.6) is 0 Å². The highest BCUT2D eigenvalue weighted by molar-refractivity contribution is 7.99. The summed E-state index contributed by atoms with van der Waals surface area (Å²) >= 11 is 13.1. The van der Waals surface area contributed by atoms with Crippen molar-refractivity contribution in [3.8, 4) is 0 Å². The Balaban J connectivity index is 1.57. The Morgan fingerprint density at radius 3 is 2.53 bits per heavy atom. The van der Waals surface area contributed by atoms with Crippen molar-refractivity contribution < 1.29 is 9.59 Å². The van der Waals surface area contributed by atoms with Crippen LogP contribution in [-0.4, -0.2) is 32.3 Å². The number of carbonyl (C=O) groups excluding carboxylic acids is 2. The second kappa shape index (κ2) is 9.97. The van der Waals surface area contributed by atoms with Crippen LogP contribution in [-0.2, 0) is 11.8 Å². The third-order valence-corrected chi connectivity index (χ3v) is 5.93. The summed E-state index contributed by atoms with van der Waals surface area (Å²) in [5, 5.41) is 15.3. The minimum absolute atomic E-state index is 0.136. The van der Waals surface area contributed by atoms with E-state index in [1.807, 2.05) is 13.0 Å². The van der Waals surface area contributed by atoms with Crippen LogP contribution in [0.25, 0.3) is 0 Å². The van der Waals surface area contributed by atoms with Gasteiger partial charge in [-0.1, -0.05) is 53.2 Å². The lowest BCUT2D eigenvalue weighted by Gasteiger charge is -2.13. The van der Waals surface area contributed by atoms with Crippen molar-refractivity contribution in [2.75, 3.05) is 11.1 Å². The Bertz CT molecular complexity index is 1060. The fourth-order valence-corrected chi connectivity index (χ4v) is 3.68. The molecule has 1 atom stereocenters. The van der Waals surface area contributed by atoms with Gasteiger partial charge in [0.2, 0.25) is 5.91 Å². The van der Waals surface area contributed by atoms with Gasteiger partial charge in [-0.15, -0.1) is 10.2 Å². The molecule has 2 aromatic carbocycles. The molecule has 0 bridgehead atoms. The van der Waals surface area contributed by atoms with Crippen LogP contribution in [0.2, 0.25) is 10.0 Å². The molecule has 7 nitrogen and oxygen atoms in total. The van der Waals surface area contributed by atoms with Gasteiger partial charge >= 0.3 is 0 Å². The maximum absolute atomic E-state index is 12.3. The molecule has 10 heteroatoms. The average Bonchev–Trinajstić information content (AvgIpc) is 3.10. The standard InChI is InChI=1S/C20H19Cl2N5O2S/c1-12(23-19(29)13-6-4-3-5-7-13)18-25-26-20(27(18)2)30-11-17(28)24-14-8-9-15(21)16(22)10-14/h3-10,12H,11H2,1-2H3,(H,23,29)(H,24,28)/t12-/m0/s1. The van der Waals surface area contributed by atoms with Gasteiger partial charge in [0.25, 0.3) is 5.91 Å². The molecular formula is C20H19Cl2N5O2S. The number of carbonyl (C=O) groups is 2. The maximum atomic E-state index is 12.3. The summed E-state index contributed by atoms with van der Waals surface area (Å²) in [5.74, 6) is 0.318. The summed E-state index contributed by atoms with van der Waals surface area (Å²) in [7, 11) is 1.79. The first kappa shape index (κ1) is 22.1. The number of anilines is 1. The van der Waals surface area contributed by atoms with Gasteiger partial charge in [-0.05, 0) is 37.3 Å². The SMILES string of the molecule is C[C@H](NC(=O)c1ccccc1)c1nnc(SCC(=O)Nc2ccc(Cl)c(Cl)c2)n1C. The Kier molecular flexibility index (Phi) is 7.36. The molecule has 2 amide bonds. The molecule has 3 rings (SSSR count). The van der Waals surface area contributed by atoms with E-state index in [0.717, 1.165) is 0 Å².